The molecule has 1 spiro atoms. The minimum Gasteiger partial charge on any atom is -0.208 e. The Morgan fingerprint density at radius 1 is 0.444 bits per heavy atom. The number of rotatable bonds is 4. The van der Waals surface area contributed by atoms with Gasteiger partial charge in [0.15, 0.2) is 17.5 Å². The maximum Gasteiger partial charge on any atom is 0.164 e. The Labute approximate surface area is 317 Å². The fourth-order valence-electron chi connectivity index (χ4n) is 12.4. The van der Waals surface area contributed by atoms with Crippen molar-refractivity contribution in [1.29, 1.82) is 0 Å². The lowest BCUT2D eigenvalue weighted by atomic mass is 9.59. The predicted molar refractivity (Wildman–Crippen MR) is 218 cm³/mol. The van der Waals surface area contributed by atoms with Gasteiger partial charge in [0.1, 0.15) is 0 Å². The molecule has 260 valence electrons. The van der Waals surface area contributed by atoms with Crippen LogP contribution in [-0.4, -0.2) is 15.0 Å². The molecule has 5 unspecified atom stereocenters. The molecule has 6 aromatic carbocycles. The number of aromatic nitrogens is 3. The average molecular weight is 696 g/mol. The van der Waals surface area contributed by atoms with Crippen LogP contribution in [0.15, 0.2) is 140 Å². The van der Waals surface area contributed by atoms with E-state index in [9.17, 15) is 0 Å². The quantitative estimate of drug-likeness (QED) is 0.184. The summed E-state index contributed by atoms with van der Waals surface area (Å²) in [6.45, 7) is 4.69. The smallest absolute Gasteiger partial charge is 0.164 e. The third-order valence-electron chi connectivity index (χ3n) is 14.3. The first-order chi connectivity index (χ1) is 26.5. The van der Waals surface area contributed by atoms with Crippen LogP contribution in [0.1, 0.15) is 61.8 Å². The SMILES string of the molecule is CC1(C)c2ccccc2-c2c(-c3cccc(-c4nc(-c5ccccc5)nc(-c5cccc6c5-c5ccccc5C65C6CC7CC(C6)C5C7)n4)c3)cccc21. The van der Waals surface area contributed by atoms with Crippen molar-refractivity contribution in [2.24, 2.45) is 23.7 Å². The highest BCUT2D eigenvalue weighted by atomic mass is 15.0. The zero-order valence-corrected chi connectivity index (χ0v) is 30.8. The van der Waals surface area contributed by atoms with Gasteiger partial charge in [0.2, 0.25) is 0 Å². The summed E-state index contributed by atoms with van der Waals surface area (Å²) >= 11 is 0. The molecule has 1 heterocycles. The minimum absolute atomic E-state index is 0.0576. The van der Waals surface area contributed by atoms with Gasteiger partial charge in [0.25, 0.3) is 0 Å². The second kappa shape index (κ2) is 10.9. The number of nitrogens with zero attached hydrogens (tertiary/aromatic N) is 3. The first kappa shape index (κ1) is 30.8. The van der Waals surface area contributed by atoms with E-state index >= 15 is 0 Å². The van der Waals surface area contributed by atoms with Gasteiger partial charge in [-0.1, -0.05) is 147 Å². The molecule has 0 radical (unpaired) electrons. The van der Waals surface area contributed by atoms with E-state index in [0.29, 0.717) is 17.6 Å². The molecule has 7 aromatic rings. The summed E-state index contributed by atoms with van der Waals surface area (Å²) in [5, 5.41) is 0. The summed E-state index contributed by atoms with van der Waals surface area (Å²) < 4.78 is 0. The Morgan fingerprint density at radius 3 is 1.83 bits per heavy atom. The van der Waals surface area contributed by atoms with Crippen LogP contribution in [0.2, 0.25) is 0 Å². The van der Waals surface area contributed by atoms with Crippen LogP contribution in [-0.2, 0) is 10.8 Å². The van der Waals surface area contributed by atoms with Crippen molar-refractivity contribution in [2.45, 2.75) is 50.4 Å². The molecule has 0 N–H and O–H groups in total. The van der Waals surface area contributed by atoms with E-state index in [2.05, 4.69) is 153 Å². The van der Waals surface area contributed by atoms with Gasteiger partial charge in [-0.3, -0.25) is 0 Å². The first-order valence-electron chi connectivity index (χ1n) is 19.9. The lowest BCUT2D eigenvalue weighted by Crippen LogP contribution is -2.40. The van der Waals surface area contributed by atoms with Crippen molar-refractivity contribution in [2.75, 3.05) is 0 Å². The molecule has 6 aliphatic carbocycles. The second-order valence-corrected chi connectivity index (χ2v) is 17.2. The zero-order chi connectivity index (χ0) is 35.8. The predicted octanol–water partition coefficient (Wildman–Crippen LogP) is 12.2. The van der Waals surface area contributed by atoms with Gasteiger partial charge >= 0.3 is 0 Å². The fraction of sp³-hybridized carbons (Fsp3) is 0.235. The Balaban J connectivity index is 1.05. The fourth-order valence-corrected chi connectivity index (χ4v) is 12.4. The highest BCUT2D eigenvalue weighted by Gasteiger charge is 2.66. The topological polar surface area (TPSA) is 38.7 Å². The van der Waals surface area contributed by atoms with Crippen LogP contribution < -0.4 is 0 Å². The molecule has 4 fully saturated rings. The normalized spacial score (nSPS) is 24.4. The Kier molecular flexibility index (Phi) is 6.24. The van der Waals surface area contributed by atoms with E-state index in [4.69, 9.17) is 15.0 Å². The highest BCUT2D eigenvalue weighted by molar-refractivity contribution is 5.94. The third-order valence-corrected chi connectivity index (χ3v) is 14.3. The Hall–Kier alpha value is -5.67. The van der Waals surface area contributed by atoms with E-state index in [1.807, 2.05) is 0 Å². The lowest BCUT2D eigenvalue weighted by Gasteiger charge is -2.43. The molecule has 13 rings (SSSR count). The molecule has 4 bridgehead atoms. The summed E-state index contributed by atoms with van der Waals surface area (Å²) in [5.41, 5.74) is 16.8. The van der Waals surface area contributed by atoms with Crippen LogP contribution in [0, 0.1) is 23.7 Å². The molecule has 0 amide bonds. The van der Waals surface area contributed by atoms with Crippen LogP contribution in [0.4, 0.5) is 0 Å². The van der Waals surface area contributed by atoms with Crippen molar-refractivity contribution in [3.63, 3.8) is 0 Å². The van der Waals surface area contributed by atoms with Crippen molar-refractivity contribution >= 4 is 0 Å². The molecular weight excluding hydrogens is 655 g/mol. The van der Waals surface area contributed by atoms with Gasteiger partial charge in [-0.05, 0) is 111 Å². The molecule has 0 saturated heterocycles. The maximum atomic E-state index is 5.40. The minimum atomic E-state index is -0.0576. The number of hydrogen-bond donors (Lipinski definition) is 0. The standard InChI is InChI=1S/C51H41N3/c1-50(2)40-21-8-6-17-37(40)45-36(19-11-23-42(45)50)32-15-10-16-33(28-32)48-52-47(31-13-4-3-5-14-31)53-49(54-48)39-20-12-24-43-46(39)38-18-7-9-22-41(38)51(43)35-26-30-25-34(29-35)44(51)27-30/h3-24,28,30,34-35,44H,25-27,29H2,1-2H3. The molecule has 6 aliphatic rings. The summed E-state index contributed by atoms with van der Waals surface area (Å²) in [5.74, 6) is 5.36. The summed E-state index contributed by atoms with van der Waals surface area (Å²) in [7, 11) is 0. The van der Waals surface area contributed by atoms with Crippen molar-refractivity contribution in [3.05, 3.63) is 162 Å². The molecule has 0 aliphatic heterocycles. The Bertz CT molecular complexity index is 2690. The third kappa shape index (κ3) is 4.00. The van der Waals surface area contributed by atoms with Gasteiger partial charge in [-0.2, -0.15) is 0 Å². The van der Waals surface area contributed by atoms with E-state index in [0.717, 1.165) is 40.3 Å². The molecule has 54 heavy (non-hydrogen) atoms. The van der Waals surface area contributed by atoms with E-state index in [-0.39, 0.29) is 10.8 Å². The lowest BCUT2D eigenvalue weighted by molar-refractivity contribution is 0.191. The van der Waals surface area contributed by atoms with E-state index in [1.165, 1.54) is 75.8 Å². The summed E-state index contributed by atoms with van der Waals surface area (Å²) in [6.07, 6.45) is 5.53. The largest absolute Gasteiger partial charge is 0.208 e. The Morgan fingerprint density at radius 2 is 1.02 bits per heavy atom. The monoisotopic (exact) mass is 695 g/mol. The van der Waals surface area contributed by atoms with Crippen molar-refractivity contribution in [3.8, 4) is 67.5 Å². The van der Waals surface area contributed by atoms with Crippen LogP contribution in [0.25, 0.3) is 67.5 Å². The second-order valence-electron chi connectivity index (χ2n) is 17.2. The van der Waals surface area contributed by atoms with Crippen molar-refractivity contribution < 1.29 is 0 Å². The van der Waals surface area contributed by atoms with Crippen molar-refractivity contribution in [1.82, 2.24) is 15.0 Å². The van der Waals surface area contributed by atoms with Gasteiger partial charge in [0.05, 0.1) is 0 Å². The highest BCUT2D eigenvalue weighted by Crippen LogP contribution is 2.73. The molecular formula is C51H41N3. The van der Waals surface area contributed by atoms with Gasteiger partial charge < -0.3 is 0 Å². The van der Waals surface area contributed by atoms with Crippen LogP contribution in [0.3, 0.4) is 0 Å². The maximum absolute atomic E-state index is 5.40. The molecule has 3 nitrogen and oxygen atoms in total. The summed E-state index contributed by atoms with van der Waals surface area (Å²) in [4.78, 5) is 15.9. The molecule has 5 atom stereocenters. The number of benzene rings is 6. The van der Waals surface area contributed by atoms with E-state index in [1.54, 1.807) is 5.56 Å². The average Bonchev–Trinajstić information content (AvgIpc) is 3.85. The van der Waals surface area contributed by atoms with Crippen LogP contribution >= 0.6 is 0 Å². The van der Waals surface area contributed by atoms with Gasteiger partial charge in [0, 0.05) is 27.5 Å². The first-order valence-corrected chi connectivity index (χ1v) is 19.9. The molecule has 1 aromatic heterocycles. The molecule has 4 saturated carbocycles. The zero-order valence-electron chi connectivity index (χ0n) is 30.8. The van der Waals surface area contributed by atoms with E-state index < -0.39 is 0 Å². The van der Waals surface area contributed by atoms with Crippen LogP contribution in [0.5, 0.6) is 0 Å². The number of hydrogen-bond acceptors (Lipinski definition) is 3. The van der Waals surface area contributed by atoms with Gasteiger partial charge in [-0.15, -0.1) is 0 Å². The molecule has 3 heteroatoms. The number of fused-ring (bicyclic) bond motifs is 6. The summed E-state index contributed by atoms with van der Waals surface area (Å²) in [6, 6.07) is 51.2. The van der Waals surface area contributed by atoms with Gasteiger partial charge in [-0.25, -0.2) is 15.0 Å².